The van der Waals surface area contributed by atoms with Crippen LogP contribution in [0.25, 0.3) is 0 Å². The van der Waals surface area contributed by atoms with Crippen molar-refractivity contribution in [3.05, 3.63) is 27.7 Å². The maximum absolute atomic E-state index is 12.0. The van der Waals surface area contributed by atoms with E-state index in [9.17, 15) is 4.79 Å². The molecule has 1 aliphatic rings. The van der Waals surface area contributed by atoms with Gasteiger partial charge in [0, 0.05) is 34.6 Å². The quantitative estimate of drug-likeness (QED) is 0.832. The number of thioether (sulfide) groups is 2. The highest BCUT2D eigenvalue weighted by atomic mass is 35.5. The van der Waals surface area contributed by atoms with Crippen LogP contribution in [0.5, 0.6) is 0 Å². The first-order chi connectivity index (χ1) is 9.08. The minimum absolute atomic E-state index is 0.167. The molecule has 1 aromatic rings. The molecule has 0 radical (unpaired) electrons. The second-order valence-corrected chi connectivity index (χ2v) is 7.50. The van der Waals surface area contributed by atoms with Crippen molar-refractivity contribution in [3.63, 3.8) is 0 Å². The zero-order chi connectivity index (χ0) is 13.8. The fourth-order valence-corrected chi connectivity index (χ4v) is 4.78. The molecule has 7 heteroatoms. The van der Waals surface area contributed by atoms with Gasteiger partial charge in [-0.1, -0.05) is 23.2 Å². The minimum Gasteiger partial charge on any atom is -0.396 e. The molecule has 1 aliphatic heterocycles. The van der Waals surface area contributed by atoms with Crippen LogP contribution in [0.4, 0.5) is 5.69 Å². The van der Waals surface area contributed by atoms with Crippen LogP contribution in [0.3, 0.4) is 0 Å². The van der Waals surface area contributed by atoms with E-state index in [4.69, 9.17) is 28.9 Å². The molecule has 0 bridgehead atoms. The lowest BCUT2D eigenvalue weighted by Gasteiger charge is -2.21. The van der Waals surface area contributed by atoms with Crippen molar-refractivity contribution in [1.29, 1.82) is 0 Å². The number of amides is 1. The summed E-state index contributed by atoms with van der Waals surface area (Å²) in [6.45, 7) is 0.663. The zero-order valence-electron chi connectivity index (χ0n) is 10.1. The molecule has 1 atom stereocenters. The highest BCUT2D eigenvalue weighted by molar-refractivity contribution is 8.06. The second-order valence-electron chi connectivity index (χ2n) is 4.13. The molecule has 3 nitrogen and oxygen atoms in total. The zero-order valence-corrected chi connectivity index (χ0v) is 13.3. The minimum atomic E-state index is -0.167. The van der Waals surface area contributed by atoms with Gasteiger partial charge in [-0.05, 0) is 12.1 Å². The summed E-state index contributed by atoms with van der Waals surface area (Å²) in [4.78, 5) is 12.0. The van der Waals surface area contributed by atoms with E-state index in [-0.39, 0.29) is 5.91 Å². The monoisotopic (exact) mass is 336 g/mol. The Bertz CT molecular complexity index is 456. The number of benzene rings is 1. The fraction of sp³-hybridized carbons (Fsp3) is 0.417. The van der Waals surface area contributed by atoms with Gasteiger partial charge in [0.05, 0.1) is 15.7 Å². The van der Waals surface area contributed by atoms with E-state index in [2.05, 4.69) is 5.32 Å². The largest absolute Gasteiger partial charge is 0.396 e. The molecule has 1 aromatic carbocycles. The number of anilines is 1. The summed E-state index contributed by atoms with van der Waals surface area (Å²) in [6.07, 6.45) is 0. The van der Waals surface area contributed by atoms with Crippen LogP contribution in [0.2, 0.25) is 10.0 Å². The van der Waals surface area contributed by atoms with Gasteiger partial charge < -0.3 is 11.1 Å². The molecule has 104 valence electrons. The Morgan fingerprint density at radius 1 is 1.37 bits per heavy atom. The topological polar surface area (TPSA) is 55.1 Å². The Labute approximate surface area is 131 Å². The Hall–Kier alpha value is -0.230. The third-order valence-corrected chi connectivity index (χ3v) is 6.19. The Morgan fingerprint density at radius 3 is 2.63 bits per heavy atom. The van der Waals surface area contributed by atoms with Crippen LogP contribution in [0.15, 0.2) is 12.1 Å². The van der Waals surface area contributed by atoms with E-state index >= 15 is 0 Å². The van der Waals surface area contributed by atoms with Gasteiger partial charge in [0.25, 0.3) is 5.91 Å². The molecular formula is C12H14Cl2N2OS2. The summed E-state index contributed by atoms with van der Waals surface area (Å²) in [5.41, 5.74) is 6.39. The normalized spacial score (nSPS) is 19.2. The average molecular weight is 337 g/mol. The van der Waals surface area contributed by atoms with Crippen LogP contribution in [0.1, 0.15) is 10.4 Å². The number of hydrogen-bond donors (Lipinski definition) is 2. The maximum Gasteiger partial charge on any atom is 0.251 e. The van der Waals surface area contributed by atoms with Crippen molar-refractivity contribution < 1.29 is 4.79 Å². The third kappa shape index (κ3) is 4.12. The lowest BCUT2D eigenvalue weighted by atomic mass is 10.2. The highest BCUT2D eigenvalue weighted by Gasteiger charge is 2.16. The van der Waals surface area contributed by atoms with Gasteiger partial charge in [-0.25, -0.2) is 0 Å². The summed E-state index contributed by atoms with van der Waals surface area (Å²) in [7, 11) is 0. The molecule has 0 aromatic heterocycles. The Kier molecular flexibility index (Phi) is 5.57. The van der Waals surface area contributed by atoms with E-state index < -0.39 is 0 Å². The van der Waals surface area contributed by atoms with Crippen LogP contribution in [-0.4, -0.2) is 35.0 Å². The van der Waals surface area contributed by atoms with Gasteiger partial charge in [-0.15, -0.1) is 0 Å². The Morgan fingerprint density at radius 2 is 2.05 bits per heavy atom. The molecule has 19 heavy (non-hydrogen) atoms. The number of halogens is 2. The molecule has 1 unspecified atom stereocenters. The van der Waals surface area contributed by atoms with Crippen molar-refractivity contribution in [2.75, 3.05) is 29.5 Å². The highest BCUT2D eigenvalue weighted by Crippen LogP contribution is 2.29. The number of rotatable bonds is 3. The van der Waals surface area contributed by atoms with Crippen molar-refractivity contribution in [2.24, 2.45) is 0 Å². The summed E-state index contributed by atoms with van der Waals surface area (Å²) < 4.78 is 0. The summed E-state index contributed by atoms with van der Waals surface area (Å²) in [5, 5.41) is 4.00. The first-order valence-electron chi connectivity index (χ1n) is 5.80. The van der Waals surface area contributed by atoms with Gasteiger partial charge in [0.2, 0.25) is 0 Å². The summed E-state index contributed by atoms with van der Waals surface area (Å²) in [5.74, 6) is 3.25. The molecule has 0 spiro atoms. The molecule has 2 rings (SSSR count). The molecule has 0 aliphatic carbocycles. The average Bonchev–Trinajstić information content (AvgIpc) is 2.42. The molecule has 3 N–H and O–H groups in total. The van der Waals surface area contributed by atoms with Gasteiger partial charge in [-0.3, -0.25) is 4.79 Å². The van der Waals surface area contributed by atoms with Crippen molar-refractivity contribution in [3.8, 4) is 0 Å². The predicted octanol–water partition coefficient (Wildman–Crippen LogP) is 3.15. The van der Waals surface area contributed by atoms with Gasteiger partial charge in [0.1, 0.15) is 0 Å². The Balaban J connectivity index is 1.96. The lowest BCUT2D eigenvalue weighted by Crippen LogP contribution is -2.33. The van der Waals surface area contributed by atoms with Gasteiger partial charge >= 0.3 is 0 Å². The van der Waals surface area contributed by atoms with E-state index in [0.717, 1.165) is 11.5 Å². The van der Waals surface area contributed by atoms with Crippen LogP contribution in [-0.2, 0) is 0 Å². The van der Waals surface area contributed by atoms with Crippen LogP contribution >= 0.6 is 46.7 Å². The molecule has 1 amide bonds. The number of hydrogen-bond acceptors (Lipinski definition) is 4. The van der Waals surface area contributed by atoms with E-state index in [1.807, 2.05) is 23.5 Å². The van der Waals surface area contributed by atoms with E-state index in [1.165, 1.54) is 5.75 Å². The molecule has 1 fully saturated rings. The smallest absolute Gasteiger partial charge is 0.251 e. The number of nitrogens with one attached hydrogen (secondary N) is 1. The molecular weight excluding hydrogens is 323 g/mol. The second kappa shape index (κ2) is 6.97. The van der Waals surface area contributed by atoms with Crippen LogP contribution < -0.4 is 11.1 Å². The van der Waals surface area contributed by atoms with Crippen molar-refractivity contribution >= 4 is 58.3 Å². The summed E-state index contributed by atoms with van der Waals surface area (Å²) >= 11 is 15.7. The molecule has 1 saturated heterocycles. The fourth-order valence-electron chi connectivity index (χ4n) is 1.68. The SMILES string of the molecule is Nc1c(Cl)cc(C(=O)NCC2CSCCS2)cc1Cl. The van der Waals surface area contributed by atoms with E-state index in [1.54, 1.807) is 12.1 Å². The number of nitrogens with two attached hydrogens (primary N) is 1. The first kappa shape index (κ1) is 15.2. The van der Waals surface area contributed by atoms with Crippen molar-refractivity contribution in [2.45, 2.75) is 5.25 Å². The lowest BCUT2D eigenvalue weighted by molar-refractivity contribution is 0.0954. The number of carbonyl (C=O) groups excluding carboxylic acids is 1. The predicted molar refractivity (Wildman–Crippen MR) is 86.8 cm³/mol. The maximum atomic E-state index is 12.0. The molecule has 0 saturated carbocycles. The standard InChI is InChI=1S/C12H14Cl2N2OS2/c13-9-3-7(4-10(14)11(9)15)12(17)16-5-8-6-18-1-2-19-8/h3-4,8H,1-2,5-6,15H2,(H,16,17). The van der Waals surface area contributed by atoms with E-state index in [0.29, 0.717) is 33.1 Å². The van der Waals surface area contributed by atoms with Crippen LogP contribution in [0, 0.1) is 0 Å². The van der Waals surface area contributed by atoms with Crippen molar-refractivity contribution in [1.82, 2.24) is 5.32 Å². The molecule has 1 heterocycles. The number of nitrogen functional groups attached to an aromatic ring is 1. The number of carbonyl (C=O) groups is 1. The van der Waals surface area contributed by atoms with Gasteiger partial charge in [-0.2, -0.15) is 23.5 Å². The van der Waals surface area contributed by atoms with Gasteiger partial charge in [0.15, 0.2) is 0 Å². The first-order valence-corrected chi connectivity index (χ1v) is 8.76. The third-order valence-electron chi connectivity index (χ3n) is 2.72. The summed E-state index contributed by atoms with van der Waals surface area (Å²) in [6, 6.07) is 3.09.